The Morgan fingerprint density at radius 3 is 2.54 bits per heavy atom. The van der Waals surface area contributed by atoms with Gasteiger partial charge >= 0.3 is 0 Å². The molecule has 4 rings (SSSR count). The third-order valence-electron chi connectivity index (χ3n) is 4.78. The van der Waals surface area contributed by atoms with Crippen molar-refractivity contribution in [2.24, 2.45) is 0 Å². The molecule has 1 atom stereocenters. The molecule has 2 aliphatic rings. The summed E-state index contributed by atoms with van der Waals surface area (Å²) in [6, 6.07) is 11.0. The van der Waals surface area contributed by atoms with Crippen molar-refractivity contribution in [2.75, 3.05) is 7.11 Å². The van der Waals surface area contributed by atoms with Crippen LogP contribution in [0.4, 0.5) is 0 Å². The Kier molecular flexibility index (Phi) is 3.59. The molecule has 0 aliphatic carbocycles. The molecule has 5 nitrogen and oxygen atoms in total. The van der Waals surface area contributed by atoms with Crippen molar-refractivity contribution in [3.8, 4) is 17.2 Å². The smallest absolute Gasteiger partial charge is 0.244 e. The lowest BCUT2D eigenvalue weighted by Gasteiger charge is -2.38. The zero-order valence-corrected chi connectivity index (χ0v) is 14.9. The van der Waals surface area contributed by atoms with E-state index in [2.05, 4.69) is 0 Å². The Labute approximate surface area is 151 Å². The maximum atomic E-state index is 12.9. The highest BCUT2D eigenvalue weighted by Crippen LogP contribution is 2.49. The normalized spacial score (nSPS) is 22.8. The Balaban J connectivity index is 1.86. The first kappa shape index (κ1) is 16.7. The lowest BCUT2D eigenvalue weighted by Crippen LogP contribution is -2.41. The summed E-state index contributed by atoms with van der Waals surface area (Å²) in [6.45, 7) is 3.83. The number of phenols is 1. The second kappa shape index (κ2) is 5.61. The standard InChI is InChI=1S/C21H20O5/c1-20(2)10-9-14-16(25-20)11-17-18(19(14)23)15(22)12-21(24-3,26-17)13-7-5-4-6-8-13/h4-11,23H,12H2,1-3H3/t21-/m0/s1. The number of carbonyl (C=O) groups excluding carboxylic acids is 1. The molecule has 2 heterocycles. The highest BCUT2D eigenvalue weighted by molar-refractivity contribution is 6.04. The summed E-state index contributed by atoms with van der Waals surface area (Å²) in [6.07, 6.45) is 3.60. The molecule has 5 heteroatoms. The van der Waals surface area contributed by atoms with E-state index in [-0.39, 0.29) is 29.3 Å². The van der Waals surface area contributed by atoms with Crippen LogP contribution in [0.5, 0.6) is 17.2 Å². The molecule has 2 aliphatic heterocycles. The topological polar surface area (TPSA) is 65.0 Å². The molecular weight excluding hydrogens is 332 g/mol. The van der Waals surface area contributed by atoms with E-state index < -0.39 is 11.4 Å². The average molecular weight is 352 g/mol. The fraction of sp³-hybridized carbons (Fsp3) is 0.286. The monoisotopic (exact) mass is 352 g/mol. The Bertz CT molecular complexity index is 914. The number of methoxy groups -OCH3 is 1. The van der Waals surface area contributed by atoms with Gasteiger partial charge in [-0.05, 0) is 26.0 Å². The van der Waals surface area contributed by atoms with E-state index in [0.29, 0.717) is 11.3 Å². The van der Waals surface area contributed by atoms with E-state index in [4.69, 9.17) is 14.2 Å². The number of fused-ring (bicyclic) bond motifs is 2. The SMILES string of the molecule is CO[C@@]1(c2ccccc2)CC(=O)c2c(cc3c(c2O)C=CC(C)(C)O3)O1. The van der Waals surface area contributed by atoms with Gasteiger partial charge in [0, 0.05) is 18.7 Å². The van der Waals surface area contributed by atoms with Crippen molar-refractivity contribution in [3.05, 3.63) is 59.2 Å². The number of ether oxygens (including phenoxy) is 3. The van der Waals surface area contributed by atoms with Crippen molar-refractivity contribution in [3.63, 3.8) is 0 Å². The highest BCUT2D eigenvalue weighted by atomic mass is 16.7. The Morgan fingerprint density at radius 2 is 1.85 bits per heavy atom. The first-order valence-corrected chi connectivity index (χ1v) is 8.46. The number of aromatic hydroxyl groups is 1. The van der Waals surface area contributed by atoms with Gasteiger partial charge in [-0.1, -0.05) is 30.3 Å². The molecule has 2 aromatic rings. The van der Waals surface area contributed by atoms with Crippen LogP contribution in [0.15, 0.2) is 42.5 Å². The van der Waals surface area contributed by atoms with Crippen LogP contribution in [-0.4, -0.2) is 23.6 Å². The minimum Gasteiger partial charge on any atom is -0.506 e. The molecule has 2 aromatic carbocycles. The maximum absolute atomic E-state index is 12.9. The van der Waals surface area contributed by atoms with E-state index in [1.165, 1.54) is 7.11 Å². The van der Waals surface area contributed by atoms with Crippen LogP contribution in [0.3, 0.4) is 0 Å². The van der Waals surface area contributed by atoms with Crippen LogP contribution in [0, 0.1) is 0 Å². The van der Waals surface area contributed by atoms with Crippen LogP contribution in [-0.2, 0) is 10.5 Å². The predicted molar refractivity (Wildman–Crippen MR) is 96.6 cm³/mol. The predicted octanol–water partition coefficient (Wildman–Crippen LogP) is 4.04. The van der Waals surface area contributed by atoms with E-state index in [0.717, 1.165) is 5.56 Å². The molecule has 0 amide bonds. The lowest BCUT2D eigenvalue weighted by molar-refractivity contribution is -0.173. The van der Waals surface area contributed by atoms with Gasteiger partial charge in [-0.3, -0.25) is 4.79 Å². The summed E-state index contributed by atoms with van der Waals surface area (Å²) in [5.74, 6) is -0.857. The number of hydrogen-bond donors (Lipinski definition) is 1. The minimum absolute atomic E-state index is 0.0249. The number of ketones is 1. The molecule has 0 bridgehead atoms. The van der Waals surface area contributed by atoms with Gasteiger partial charge in [0.25, 0.3) is 0 Å². The third-order valence-corrected chi connectivity index (χ3v) is 4.78. The Morgan fingerprint density at radius 1 is 1.12 bits per heavy atom. The molecule has 1 N–H and O–H groups in total. The van der Waals surface area contributed by atoms with Crippen molar-refractivity contribution >= 4 is 11.9 Å². The van der Waals surface area contributed by atoms with E-state index in [1.807, 2.05) is 50.3 Å². The van der Waals surface area contributed by atoms with Crippen molar-refractivity contribution in [1.29, 1.82) is 0 Å². The number of Topliss-reactive ketones (excluding diaryl/α,β-unsaturated/α-hetero) is 1. The number of rotatable bonds is 2. The summed E-state index contributed by atoms with van der Waals surface area (Å²) in [4.78, 5) is 12.9. The van der Waals surface area contributed by atoms with Crippen LogP contribution >= 0.6 is 0 Å². The maximum Gasteiger partial charge on any atom is 0.244 e. The van der Waals surface area contributed by atoms with Gasteiger partial charge in [0.2, 0.25) is 5.79 Å². The molecule has 0 aromatic heterocycles. The van der Waals surface area contributed by atoms with Gasteiger partial charge < -0.3 is 19.3 Å². The van der Waals surface area contributed by atoms with Crippen molar-refractivity contribution in [2.45, 2.75) is 31.7 Å². The molecule has 0 saturated carbocycles. The van der Waals surface area contributed by atoms with Gasteiger partial charge in [0.15, 0.2) is 5.78 Å². The lowest BCUT2D eigenvalue weighted by atomic mass is 9.90. The molecule has 0 saturated heterocycles. The van der Waals surface area contributed by atoms with Crippen molar-refractivity contribution in [1.82, 2.24) is 0 Å². The molecule has 0 fully saturated rings. The molecule has 26 heavy (non-hydrogen) atoms. The quantitative estimate of drug-likeness (QED) is 0.884. The molecule has 134 valence electrons. The number of carbonyl (C=O) groups is 1. The van der Waals surface area contributed by atoms with E-state index >= 15 is 0 Å². The highest BCUT2D eigenvalue weighted by Gasteiger charge is 2.45. The first-order chi connectivity index (χ1) is 12.4. The molecular formula is C21H20O5. The second-order valence-corrected chi connectivity index (χ2v) is 7.07. The largest absolute Gasteiger partial charge is 0.506 e. The second-order valence-electron chi connectivity index (χ2n) is 7.07. The summed E-state index contributed by atoms with van der Waals surface area (Å²) < 4.78 is 17.7. The average Bonchev–Trinajstić information content (AvgIpc) is 2.60. The fourth-order valence-corrected chi connectivity index (χ4v) is 3.43. The fourth-order valence-electron chi connectivity index (χ4n) is 3.43. The summed E-state index contributed by atoms with van der Waals surface area (Å²) in [7, 11) is 1.51. The van der Waals surface area contributed by atoms with Crippen LogP contribution in [0.2, 0.25) is 0 Å². The first-order valence-electron chi connectivity index (χ1n) is 8.46. The zero-order valence-electron chi connectivity index (χ0n) is 14.9. The third kappa shape index (κ3) is 2.47. The van der Waals surface area contributed by atoms with Crippen molar-refractivity contribution < 1.29 is 24.1 Å². The number of benzene rings is 2. The Hall–Kier alpha value is -2.79. The van der Waals surface area contributed by atoms with Crippen LogP contribution in [0.25, 0.3) is 6.08 Å². The molecule has 0 unspecified atom stereocenters. The molecule has 0 radical (unpaired) electrons. The zero-order chi connectivity index (χ0) is 18.5. The van der Waals surface area contributed by atoms with Crippen LogP contribution in [0.1, 0.15) is 41.8 Å². The summed E-state index contributed by atoms with van der Waals surface area (Å²) in [5.41, 5.74) is 0.884. The van der Waals surface area contributed by atoms with Gasteiger partial charge in [0.1, 0.15) is 28.4 Å². The van der Waals surface area contributed by atoms with Gasteiger partial charge in [0.05, 0.1) is 12.0 Å². The van der Waals surface area contributed by atoms with Gasteiger partial charge in [-0.25, -0.2) is 0 Å². The van der Waals surface area contributed by atoms with Crippen LogP contribution < -0.4 is 9.47 Å². The number of phenolic OH excluding ortho intramolecular Hbond substituents is 1. The summed E-state index contributed by atoms with van der Waals surface area (Å²) >= 11 is 0. The van der Waals surface area contributed by atoms with E-state index in [1.54, 1.807) is 12.1 Å². The molecule has 0 spiro atoms. The van der Waals surface area contributed by atoms with E-state index in [9.17, 15) is 9.90 Å². The minimum atomic E-state index is -1.23. The number of hydrogen-bond acceptors (Lipinski definition) is 5. The van der Waals surface area contributed by atoms with Gasteiger partial charge in [-0.15, -0.1) is 0 Å². The van der Waals surface area contributed by atoms with Gasteiger partial charge in [-0.2, -0.15) is 0 Å². The summed E-state index contributed by atoms with van der Waals surface area (Å²) in [5, 5.41) is 10.7.